The number of rotatable bonds is 8. The smallest absolute Gasteiger partial charge is 0.336 e. The molecule has 7 heteroatoms. The third-order valence-electron chi connectivity index (χ3n) is 4.41. The van der Waals surface area contributed by atoms with Crippen molar-refractivity contribution in [3.8, 4) is 11.1 Å². The van der Waals surface area contributed by atoms with Crippen LogP contribution < -0.4 is 0 Å². The highest BCUT2D eigenvalue weighted by molar-refractivity contribution is 6.06. The summed E-state index contributed by atoms with van der Waals surface area (Å²) in [7, 11) is 0. The molecule has 2 aromatic rings. The molecular formula is C21H21FO6. The van der Waals surface area contributed by atoms with Crippen molar-refractivity contribution in [3.05, 3.63) is 58.4 Å². The molecule has 28 heavy (non-hydrogen) atoms. The molecule has 0 saturated carbocycles. The third kappa shape index (κ3) is 4.54. The largest absolute Gasteiger partial charge is 0.478 e. The van der Waals surface area contributed by atoms with E-state index in [2.05, 4.69) is 0 Å². The Balaban J connectivity index is 2.57. The summed E-state index contributed by atoms with van der Waals surface area (Å²) in [5.41, 5.74) is 0.0392. The van der Waals surface area contributed by atoms with Crippen LogP contribution >= 0.6 is 0 Å². The molecule has 0 spiro atoms. The van der Waals surface area contributed by atoms with Gasteiger partial charge in [-0.1, -0.05) is 18.2 Å². The number of hydrogen-bond donors (Lipinski definition) is 2. The van der Waals surface area contributed by atoms with E-state index in [1.165, 1.54) is 24.3 Å². The number of aromatic carboxylic acids is 2. The van der Waals surface area contributed by atoms with Crippen molar-refractivity contribution in [1.29, 1.82) is 0 Å². The molecule has 0 aromatic heterocycles. The van der Waals surface area contributed by atoms with Gasteiger partial charge in [-0.2, -0.15) is 0 Å². The summed E-state index contributed by atoms with van der Waals surface area (Å²) in [4.78, 5) is 35.2. The van der Waals surface area contributed by atoms with Crippen LogP contribution in [0.15, 0.2) is 30.3 Å². The van der Waals surface area contributed by atoms with Crippen LogP contribution in [0, 0.1) is 12.7 Å². The number of carboxylic acid groups (broad SMARTS) is 2. The zero-order valence-corrected chi connectivity index (χ0v) is 15.6. The van der Waals surface area contributed by atoms with Crippen molar-refractivity contribution in [2.45, 2.75) is 33.1 Å². The first kappa shape index (κ1) is 21.1. The Morgan fingerprint density at radius 3 is 2.36 bits per heavy atom. The molecule has 0 bridgehead atoms. The lowest BCUT2D eigenvalue weighted by atomic mass is 9.86. The van der Waals surface area contributed by atoms with Gasteiger partial charge in [0.2, 0.25) is 0 Å². The van der Waals surface area contributed by atoms with Crippen LogP contribution in [0.25, 0.3) is 11.1 Å². The molecule has 6 nitrogen and oxygen atoms in total. The molecule has 2 rings (SSSR count). The van der Waals surface area contributed by atoms with Crippen molar-refractivity contribution in [3.63, 3.8) is 0 Å². The average Bonchev–Trinajstić information content (AvgIpc) is 2.62. The number of aryl methyl sites for hydroxylation is 1. The SMILES string of the molecule is CCOC(=O)CCCc1cc(C(=O)O)c(-c2ccccc2F)c(C(=O)O)c1C. The number of hydrogen-bond acceptors (Lipinski definition) is 4. The van der Waals surface area contributed by atoms with Gasteiger partial charge in [-0.3, -0.25) is 4.79 Å². The monoisotopic (exact) mass is 388 g/mol. The van der Waals surface area contributed by atoms with Crippen LogP contribution in [-0.2, 0) is 16.0 Å². The molecule has 148 valence electrons. The fraction of sp³-hybridized carbons (Fsp3) is 0.286. The van der Waals surface area contributed by atoms with Gasteiger partial charge in [0.15, 0.2) is 0 Å². The fourth-order valence-electron chi connectivity index (χ4n) is 3.13. The maximum absolute atomic E-state index is 14.3. The molecule has 0 atom stereocenters. The van der Waals surface area contributed by atoms with Crippen molar-refractivity contribution in [1.82, 2.24) is 0 Å². The second-order valence-corrected chi connectivity index (χ2v) is 6.21. The molecule has 0 saturated heterocycles. The van der Waals surface area contributed by atoms with Crippen molar-refractivity contribution in [2.24, 2.45) is 0 Å². The lowest BCUT2D eigenvalue weighted by molar-refractivity contribution is -0.143. The number of carboxylic acids is 2. The average molecular weight is 388 g/mol. The van der Waals surface area contributed by atoms with E-state index in [0.717, 1.165) is 6.07 Å². The Labute approximate surface area is 161 Å². The highest BCUT2D eigenvalue weighted by atomic mass is 19.1. The minimum Gasteiger partial charge on any atom is -0.478 e. The zero-order chi connectivity index (χ0) is 20.8. The van der Waals surface area contributed by atoms with Gasteiger partial charge in [0, 0.05) is 17.5 Å². The van der Waals surface area contributed by atoms with E-state index >= 15 is 0 Å². The number of carbonyl (C=O) groups excluding carboxylic acids is 1. The molecule has 0 aliphatic carbocycles. The highest BCUT2D eigenvalue weighted by Gasteiger charge is 2.26. The Morgan fingerprint density at radius 1 is 1.11 bits per heavy atom. The number of halogens is 1. The Kier molecular flexibility index (Phi) is 6.87. The van der Waals surface area contributed by atoms with Crippen LogP contribution in [0.4, 0.5) is 4.39 Å². The van der Waals surface area contributed by atoms with E-state index in [1.807, 2.05) is 0 Å². The first-order chi connectivity index (χ1) is 13.3. The quantitative estimate of drug-likeness (QED) is 0.661. The van der Waals surface area contributed by atoms with Gasteiger partial charge in [-0.15, -0.1) is 0 Å². The molecule has 0 amide bonds. The number of esters is 1. The highest BCUT2D eigenvalue weighted by Crippen LogP contribution is 2.34. The lowest BCUT2D eigenvalue weighted by Crippen LogP contribution is -2.13. The second-order valence-electron chi connectivity index (χ2n) is 6.21. The first-order valence-corrected chi connectivity index (χ1v) is 8.81. The van der Waals surface area contributed by atoms with Gasteiger partial charge in [0.1, 0.15) is 5.82 Å². The van der Waals surface area contributed by atoms with E-state index in [1.54, 1.807) is 13.8 Å². The Hall–Kier alpha value is -3.22. The zero-order valence-electron chi connectivity index (χ0n) is 15.6. The topological polar surface area (TPSA) is 101 Å². The van der Waals surface area contributed by atoms with Crippen molar-refractivity contribution < 1.29 is 33.7 Å². The maximum atomic E-state index is 14.3. The summed E-state index contributed by atoms with van der Waals surface area (Å²) in [5, 5.41) is 19.4. The number of benzene rings is 2. The molecular weight excluding hydrogens is 367 g/mol. The van der Waals surface area contributed by atoms with Crippen molar-refractivity contribution >= 4 is 17.9 Å². The van der Waals surface area contributed by atoms with E-state index in [9.17, 15) is 29.0 Å². The second kappa shape index (κ2) is 9.12. The Morgan fingerprint density at radius 2 is 1.79 bits per heavy atom. The molecule has 2 N–H and O–H groups in total. The normalized spacial score (nSPS) is 10.5. The lowest BCUT2D eigenvalue weighted by Gasteiger charge is -2.17. The summed E-state index contributed by atoms with van der Waals surface area (Å²) >= 11 is 0. The molecule has 0 fully saturated rings. The first-order valence-electron chi connectivity index (χ1n) is 8.81. The molecule has 0 heterocycles. The predicted octanol–water partition coefficient (Wildman–Crippen LogP) is 4.08. The van der Waals surface area contributed by atoms with Crippen LogP contribution in [0.2, 0.25) is 0 Å². The molecule has 0 aliphatic rings. The van der Waals surface area contributed by atoms with Crippen LogP contribution in [0.5, 0.6) is 0 Å². The molecule has 0 radical (unpaired) electrons. The van der Waals surface area contributed by atoms with Gasteiger partial charge in [-0.05, 0) is 49.9 Å². The van der Waals surface area contributed by atoms with E-state index in [-0.39, 0.29) is 41.3 Å². The van der Waals surface area contributed by atoms with Crippen LogP contribution in [0.3, 0.4) is 0 Å². The third-order valence-corrected chi connectivity index (χ3v) is 4.41. The van der Waals surface area contributed by atoms with E-state index in [0.29, 0.717) is 24.0 Å². The standard InChI is InChI=1S/C21H21FO6/c1-3-28-17(23)10-6-7-13-11-15(20(24)25)19(18(12(13)2)21(26)27)14-8-4-5-9-16(14)22/h4-5,8-9,11H,3,6-7,10H2,1-2H3,(H,24,25)(H,26,27). The van der Waals surface area contributed by atoms with Crippen LogP contribution in [-0.4, -0.2) is 34.7 Å². The predicted molar refractivity (Wildman–Crippen MR) is 100 cm³/mol. The number of carbonyl (C=O) groups is 3. The minimum atomic E-state index is -1.35. The van der Waals surface area contributed by atoms with Gasteiger partial charge in [0.25, 0.3) is 0 Å². The molecule has 2 aromatic carbocycles. The summed E-state index contributed by atoms with van der Waals surface area (Å²) in [6.07, 6.45) is 0.798. The molecule has 0 aliphatic heterocycles. The van der Waals surface area contributed by atoms with Gasteiger partial charge < -0.3 is 14.9 Å². The fourth-order valence-corrected chi connectivity index (χ4v) is 3.13. The van der Waals surface area contributed by atoms with Crippen LogP contribution in [0.1, 0.15) is 51.6 Å². The number of ether oxygens (including phenoxy) is 1. The maximum Gasteiger partial charge on any atom is 0.336 e. The minimum absolute atomic E-state index is 0.0847. The van der Waals surface area contributed by atoms with Crippen molar-refractivity contribution in [2.75, 3.05) is 6.61 Å². The summed E-state index contributed by atoms with van der Waals surface area (Å²) in [6, 6.07) is 6.81. The van der Waals surface area contributed by atoms with Gasteiger partial charge in [-0.25, -0.2) is 14.0 Å². The summed E-state index contributed by atoms with van der Waals surface area (Å²) in [5.74, 6) is -3.78. The van der Waals surface area contributed by atoms with E-state index in [4.69, 9.17) is 4.74 Å². The molecule has 0 unspecified atom stereocenters. The van der Waals surface area contributed by atoms with Gasteiger partial charge in [0.05, 0.1) is 17.7 Å². The summed E-state index contributed by atoms with van der Waals surface area (Å²) < 4.78 is 19.2. The summed E-state index contributed by atoms with van der Waals surface area (Å²) in [6.45, 7) is 3.52. The van der Waals surface area contributed by atoms with Gasteiger partial charge >= 0.3 is 17.9 Å². The van der Waals surface area contributed by atoms with E-state index < -0.39 is 17.8 Å². The Bertz CT molecular complexity index is 919.